The summed E-state index contributed by atoms with van der Waals surface area (Å²) in [6, 6.07) is 46.8. The first-order valence-corrected chi connectivity index (χ1v) is 16.0. The molecule has 0 aliphatic carbocycles. The number of nitrogens with one attached hydrogen (secondary N) is 2. The maximum atomic E-state index is 13.2. The summed E-state index contributed by atoms with van der Waals surface area (Å²) in [7, 11) is 0. The van der Waals surface area contributed by atoms with Crippen LogP contribution in [0.15, 0.2) is 152 Å². The van der Waals surface area contributed by atoms with Gasteiger partial charge in [-0.25, -0.2) is 0 Å². The summed E-state index contributed by atoms with van der Waals surface area (Å²) in [4.78, 5) is 34.6. The Labute approximate surface area is 294 Å². The molecule has 0 saturated carbocycles. The number of halogens is 1. The van der Waals surface area contributed by atoms with Gasteiger partial charge in [-0.05, 0) is 90.3 Å². The summed E-state index contributed by atoms with van der Waals surface area (Å²) >= 11 is 6.23. The lowest BCUT2D eigenvalue weighted by molar-refractivity contribution is -0.122. The number of hydrogen-bond acceptors (Lipinski definition) is 5. The first kappa shape index (κ1) is 34.9. The molecule has 0 aliphatic heterocycles. The van der Waals surface area contributed by atoms with Crippen molar-refractivity contribution in [1.29, 1.82) is 0 Å². The molecular formula is C41H33ClN2O6. The summed E-state index contributed by atoms with van der Waals surface area (Å²) in [6.07, 6.45) is 0.619. The fourth-order valence-corrected chi connectivity index (χ4v) is 5.16. The molecule has 6 aromatic carbocycles. The topological polar surface area (TPSA) is 114 Å². The Kier molecular flexibility index (Phi) is 12.4. The van der Waals surface area contributed by atoms with E-state index >= 15 is 0 Å². The number of carbonyl (C=O) groups is 3. The van der Waals surface area contributed by atoms with Gasteiger partial charge in [0, 0.05) is 22.7 Å². The summed E-state index contributed by atoms with van der Waals surface area (Å²) in [5, 5.41) is 13.1. The van der Waals surface area contributed by atoms with Gasteiger partial charge in [0.1, 0.15) is 23.0 Å². The van der Waals surface area contributed by atoms with Gasteiger partial charge in [0.2, 0.25) is 0 Å². The molecule has 0 aromatic heterocycles. The molecule has 9 heteroatoms. The van der Waals surface area contributed by atoms with Gasteiger partial charge in [0.15, 0.2) is 0 Å². The average Bonchev–Trinajstić information content (AvgIpc) is 3.14. The molecule has 0 heterocycles. The average molecular weight is 685 g/mol. The zero-order chi connectivity index (χ0) is 35.1. The zero-order valence-corrected chi connectivity index (χ0v) is 27.5. The molecule has 0 fully saturated rings. The van der Waals surface area contributed by atoms with E-state index in [1.165, 1.54) is 0 Å². The number of rotatable bonds is 11. The van der Waals surface area contributed by atoms with E-state index in [0.717, 1.165) is 28.2 Å². The number of benzene rings is 6. The van der Waals surface area contributed by atoms with Crippen molar-refractivity contribution in [3.63, 3.8) is 0 Å². The van der Waals surface area contributed by atoms with Crippen molar-refractivity contribution in [2.24, 2.45) is 0 Å². The quantitative estimate of drug-likeness (QED) is 0.117. The Morgan fingerprint density at radius 1 is 0.660 bits per heavy atom. The molecule has 0 unspecified atom stereocenters. The minimum Gasteiger partial charge on any atom is -0.483 e. The minimum atomic E-state index is -0.358. The Morgan fingerprint density at radius 3 is 1.90 bits per heavy atom. The molecule has 0 spiro atoms. The molecule has 50 heavy (non-hydrogen) atoms. The van der Waals surface area contributed by atoms with Crippen molar-refractivity contribution >= 4 is 35.6 Å². The minimum absolute atomic E-state index is 0.250. The highest BCUT2D eigenvalue weighted by Crippen LogP contribution is 2.33. The maximum Gasteiger partial charge on any atom is 0.290 e. The van der Waals surface area contributed by atoms with Crippen LogP contribution in [0, 0.1) is 0 Å². The number of carbonyl (C=O) groups excluding carboxylic acids is 2. The Bertz CT molecular complexity index is 2020. The van der Waals surface area contributed by atoms with Gasteiger partial charge in [0.05, 0.1) is 11.3 Å². The lowest BCUT2D eigenvalue weighted by Crippen LogP contribution is -2.27. The fraction of sp³-hybridized carbons (Fsp3) is 0.0488. The molecule has 6 aromatic rings. The lowest BCUT2D eigenvalue weighted by atomic mass is 10.0. The van der Waals surface area contributed by atoms with Crippen LogP contribution in [0.1, 0.15) is 26.3 Å². The van der Waals surface area contributed by atoms with Crippen LogP contribution >= 0.6 is 11.6 Å². The molecule has 8 nitrogen and oxygen atoms in total. The largest absolute Gasteiger partial charge is 0.483 e. The van der Waals surface area contributed by atoms with E-state index in [4.69, 9.17) is 31.0 Å². The number of carboxylic acid groups (broad SMARTS) is 1. The number of para-hydroxylation sites is 3. The first-order valence-electron chi connectivity index (χ1n) is 15.6. The van der Waals surface area contributed by atoms with Crippen molar-refractivity contribution in [1.82, 2.24) is 5.32 Å². The van der Waals surface area contributed by atoms with Crippen LogP contribution in [-0.4, -0.2) is 29.9 Å². The Balaban J connectivity index is 0.00000156. The monoisotopic (exact) mass is 684 g/mol. The van der Waals surface area contributed by atoms with E-state index in [1.807, 2.05) is 97.1 Å². The number of ether oxygens (including phenoxy) is 2. The van der Waals surface area contributed by atoms with Crippen LogP contribution in [-0.2, 0) is 11.2 Å². The van der Waals surface area contributed by atoms with Crippen LogP contribution in [0.5, 0.6) is 23.0 Å². The van der Waals surface area contributed by atoms with Crippen LogP contribution < -0.4 is 20.1 Å². The molecule has 2 amide bonds. The van der Waals surface area contributed by atoms with Crippen molar-refractivity contribution in [3.05, 3.63) is 173 Å². The lowest BCUT2D eigenvalue weighted by Gasteiger charge is -2.13. The second-order valence-electron chi connectivity index (χ2n) is 10.8. The van der Waals surface area contributed by atoms with Gasteiger partial charge < -0.3 is 25.2 Å². The predicted molar refractivity (Wildman–Crippen MR) is 195 cm³/mol. The van der Waals surface area contributed by atoms with Crippen LogP contribution in [0.2, 0.25) is 5.02 Å². The summed E-state index contributed by atoms with van der Waals surface area (Å²) in [5.74, 6) is 2.17. The second kappa shape index (κ2) is 17.7. The highest BCUT2D eigenvalue weighted by atomic mass is 35.5. The first-order chi connectivity index (χ1) is 24.4. The van der Waals surface area contributed by atoms with Gasteiger partial charge >= 0.3 is 0 Å². The van der Waals surface area contributed by atoms with Crippen molar-refractivity contribution < 1.29 is 29.0 Å². The van der Waals surface area contributed by atoms with E-state index in [0.29, 0.717) is 40.7 Å². The van der Waals surface area contributed by atoms with Gasteiger partial charge in [-0.3, -0.25) is 14.4 Å². The van der Waals surface area contributed by atoms with Gasteiger partial charge in [-0.1, -0.05) is 90.5 Å². The second-order valence-corrected chi connectivity index (χ2v) is 11.2. The van der Waals surface area contributed by atoms with E-state index < -0.39 is 0 Å². The number of hydrogen-bond donors (Lipinski definition) is 3. The standard InChI is InChI=1S/C40H31ClN2O4.CH2O2/c41-31-21-24-37(43-39(44)30-19-22-34(23-20-30)46-32-9-3-1-4-10-32)36(27-31)40(45)42-26-25-28-15-17-29(18-16-28)35-13-7-8-14-38(35)47-33-11-5-2-6-12-33;2-1-3/h1-24,27H,25-26H2,(H,42,45)(H,43,44);1H,(H,2,3). The maximum absolute atomic E-state index is 13.2. The summed E-state index contributed by atoms with van der Waals surface area (Å²) < 4.78 is 11.9. The molecule has 3 N–H and O–H groups in total. The molecule has 0 bridgehead atoms. The molecule has 6 rings (SSSR count). The van der Waals surface area contributed by atoms with Gasteiger partial charge in [0.25, 0.3) is 18.3 Å². The molecule has 0 radical (unpaired) electrons. The van der Waals surface area contributed by atoms with Gasteiger partial charge in [-0.15, -0.1) is 0 Å². The fourth-order valence-electron chi connectivity index (χ4n) is 4.98. The third-order valence-corrected chi connectivity index (χ3v) is 7.63. The molecule has 0 saturated heterocycles. The normalized spacial score (nSPS) is 10.2. The summed E-state index contributed by atoms with van der Waals surface area (Å²) in [6.45, 7) is 0.147. The van der Waals surface area contributed by atoms with Crippen molar-refractivity contribution in [2.45, 2.75) is 6.42 Å². The highest BCUT2D eigenvalue weighted by Gasteiger charge is 2.16. The molecule has 250 valence electrons. The number of anilines is 1. The van der Waals surface area contributed by atoms with Crippen LogP contribution in [0.25, 0.3) is 11.1 Å². The predicted octanol–water partition coefficient (Wildman–Crippen LogP) is 9.52. The van der Waals surface area contributed by atoms with E-state index in [-0.39, 0.29) is 23.9 Å². The van der Waals surface area contributed by atoms with Gasteiger partial charge in [-0.2, -0.15) is 0 Å². The molecule has 0 atom stereocenters. The van der Waals surface area contributed by atoms with E-state index in [9.17, 15) is 9.59 Å². The van der Waals surface area contributed by atoms with E-state index in [2.05, 4.69) is 22.8 Å². The number of amides is 2. The highest BCUT2D eigenvalue weighted by molar-refractivity contribution is 6.31. The third kappa shape index (κ3) is 9.82. The Hall–Kier alpha value is -6.38. The zero-order valence-electron chi connectivity index (χ0n) is 26.8. The molecule has 0 aliphatic rings. The van der Waals surface area contributed by atoms with Crippen molar-refractivity contribution in [2.75, 3.05) is 11.9 Å². The Morgan fingerprint density at radius 2 is 1.24 bits per heavy atom. The smallest absolute Gasteiger partial charge is 0.290 e. The van der Waals surface area contributed by atoms with Crippen LogP contribution in [0.4, 0.5) is 5.69 Å². The van der Waals surface area contributed by atoms with E-state index in [1.54, 1.807) is 42.5 Å². The third-order valence-electron chi connectivity index (χ3n) is 7.39. The van der Waals surface area contributed by atoms with Crippen molar-refractivity contribution in [3.8, 4) is 34.1 Å². The SMILES string of the molecule is O=C(Nc1ccc(Cl)cc1C(=O)NCCc1ccc(-c2ccccc2Oc2ccccc2)cc1)c1ccc(Oc2ccccc2)cc1.O=CO. The summed E-state index contributed by atoms with van der Waals surface area (Å²) in [5.41, 5.74) is 4.15. The molecular weight excluding hydrogens is 652 g/mol. The van der Waals surface area contributed by atoms with Crippen LogP contribution in [0.3, 0.4) is 0 Å².